The van der Waals surface area contributed by atoms with Gasteiger partial charge in [0, 0.05) is 39.3 Å². The Morgan fingerprint density at radius 3 is 1.73 bits per heavy atom. The zero-order valence-corrected chi connectivity index (χ0v) is 19.3. The molecule has 1 aliphatic heterocycles. The van der Waals surface area contributed by atoms with Gasteiger partial charge in [0.15, 0.2) is 11.5 Å². The number of carboxylic acid groups (broad SMARTS) is 2. The highest BCUT2D eigenvalue weighted by Crippen LogP contribution is 2.28. The summed E-state index contributed by atoms with van der Waals surface area (Å²) in [4.78, 5) is 23.2. The summed E-state index contributed by atoms with van der Waals surface area (Å²) in [6, 6.07) is 14.6. The minimum Gasteiger partial charge on any atom is -0.494 e. The molecule has 0 bridgehead atoms. The van der Waals surface area contributed by atoms with Crippen molar-refractivity contribution < 1.29 is 34.0 Å². The van der Waals surface area contributed by atoms with Gasteiger partial charge in [0.25, 0.3) is 0 Å². The van der Waals surface area contributed by atoms with E-state index in [1.165, 1.54) is 11.1 Å². The van der Waals surface area contributed by atoms with Gasteiger partial charge in [0.2, 0.25) is 0 Å². The number of rotatable bonds is 8. The molecule has 0 aliphatic carbocycles. The van der Waals surface area contributed by atoms with Crippen LogP contribution in [0.5, 0.6) is 17.2 Å². The third kappa shape index (κ3) is 8.63. The second-order valence-electron chi connectivity index (χ2n) is 7.43. The number of aliphatic carboxylic acids is 2. The SMILES string of the molecule is CCOc1ccc(CN2CCN(Cc3ccc(OC)c(OC)c3)CC2)cc1.O=C(O)C(=O)O. The summed E-state index contributed by atoms with van der Waals surface area (Å²) in [5, 5.41) is 14.8. The molecule has 0 spiro atoms. The molecule has 0 amide bonds. The summed E-state index contributed by atoms with van der Waals surface area (Å²) < 4.78 is 16.2. The van der Waals surface area contributed by atoms with E-state index in [0.29, 0.717) is 6.61 Å². The largest absolute Gasteiger partial charge is 0.494 e. The quantitative estimate of drug-likeness (QED) is 0.575. The highest BCUT2D eigenvalue weighted by atomic mass is 16.5. The zero-order valence-electron chi connectivity index (χ0n) is 19.3. The maximum atomic E-state index is 9.10. The molecule has 1 fully saturated rings. The first kappa shape index (κ1) is 26.0. The van der Waals surface area contributed by atoms with Gasteiger partial charge in [-0.15, -0.1) is 0 Å². The Morgan fingerprint density at radius 1 is 0.788 bits per heavy atom. The second kappa shape index (κ2) is 13.3. The van der Waals surface area contributed by atoms with E-state index in [2.05, 4.69) is 46.2 Å². The van der Waals surface area contributed by atoms with Crippen LogP contribution in [0.2, 0.25) is 0 Å². The lowest BCUT2D eigenvalue weighted by molar-refractivity contribution is -0.159. The fraction of sp³-hybridized carbons (Fsp3) is 0.417. The van der Waals surface area contributed by atoms with Gasteiger partial charge >= 0.3 is 11.9 Å². The third-order valence-electron chi connectivity index (χ3n) is 5.14. The zero-order chi connectivity index (χ0) is 24.2. The minimum absolute atomic E-state index is 0.710. The number of piperazine rings is 1. The van der Waals surface area contributed by atoms with E-state index in [9.17, 15) is 0 Å². The predicted octanol–water partition coefficient (Wildman–Crippen LogP) is 2.58. The molecule has 0 saturated carbocycles. The molecular weight excluding hydrogens is 428 g/mol. The van der Waals surface area contributed by atoms with Crippen LogP contribution in [0.25, 0.3) is 0 Å². The van der Waals surface area contributed by atoms with Crippen molar-refractivity contribution in [3.8, 4) is 17.2 Å². The number of nitrogens with zero attached hydrogens (tertiary/aromatic N) is 2. The first-order chi connectivity index (χ1) is 15.9. The van der Waals surface area contributed by atoms with Crippen LogP contribution in [0, 0.1) is 0 Å². The summed E-state index contributed by atoms with van der Waals surface area (Å²) in [5.41, 5.74) is 2.60. The van der Waals surface area contributed by atoms with Gasteiger partial charge in [-0.05, 0) is 42.3 Å². The Kier molecular flexibility index (Phi) is 10.5. The lowest BCUT2D eigenvalue weighted by Crippen LogP contribution is -2.45. The fourth-order valence-electron chi connectivity index (χ4n) is 3.46. The molecule has 0 atom stereocenters. The third-order valence-corrected chi connectivity index (χ3v) is 5.14. The van der Waals surface area contributed by atoms with Gasteiger partial charge in [-0.2, -0.15) is 0 Å². The Morgan fingerprint density at radius 2 is 1.27 bits per heavy atom. The summed E-state index contributed by atoms with van der Waals surface area (Å²) in [5.74, 6) is -1.13. The van der Waals surface area contributed by atoms with E-state index in [-0.39, 0.29) is 0 Å². The Hall–Kier alpha value is -3.30. The number of benzene rings is 2. The molecule has 3 rings (SSSR count). The minimum atomic E-state index is -1.82. The maximum absolute atomic E-state index is 9.10. The maximum Gasteiger partial charge on any atom is 0.414 e. The van der Waals surface area contributed by atoms with E-state index in [1.54, 1.807) is 14.2 Å². The predicted molar refractivity (Wildman–Crippen MR) is 123 cm³/mol. The van der Waals surface area contributed by atoms with E-state index in [4.69, 9.17) is 34.0 Å². The van der Waals surface area contributed by atoms with E-state index in [0.717, 1.165) is 56.5 Å². The van der Waals surface area contributed by atoms with E-state index < -0.39 is 11.9 Å². The van der Waals surface area contributed by atoms with Crippen molar-refractivity contribution in [2.75, 3.05) is 47.0 Å². The first-order valence-electron chi connectivity index (χ1n) is 10.7. The molecule has 1 heterocycles. The normalized spacial score (nSPS) is 14.0. The molecule has 180 valence electrons. The van der Waals surface area contributed by atoms with E-state index in [1.807, 2.05) is 13.0 Å². The molecule has 1 aliphatic rings. The van der Waals surface area contributed by atoms with Crippen molar-refractivity contribution in [2.24, 2.45) is 0 Å². The molecule has 0 unspecified atom stereocenters. The fourth-order valence-corrected chi connectivity index (χ4v) is 3.46. The molecule has 2 aromatic rings. The van der Waals surface area contributed by atoms with Crippen molar-refractivity contribution >= 4 is 11.9 Å². The highest BCUT2D eigenvalue weighted by molar-refractivity contribution is 6.27. The Balaban J connectivity index is 0.000000569. The first-order valence-corrected chi connectivity index (χ1v) is 10.7. The summed E-state index contributed by atoms with van der Waals surface area (Å²) in [6.45, 7) is 8.97. The van der Waals surface area contributed by atoms with Crippen molar-refractivity contribution in [1.82, 2.24) is 9.80 Å². The van der Waals surface area contributed by atoms with Gasteiger partial charge in [0.1, 0.15) is 5.75 Å². The van der Waals surface area contributed by atoms with Gasteiger partial charge in [0.05, 0.1) is 20.8 Å². The number of carboxylic acids is 2. The summed E-state index contributed by atoms with van der Waals surface area (Å²) in [7, 11) is 3.35. The molecule has 33 heavy (non-hydrogen) atoms. The highest BCUT2D eigenvalue weighted by Gasteiger charge is 2.18. The summed E-state index contributed by atoms with van der Waals surface area (Å²) in [6.07, 6.45) is 0. The molecule has 2 aromatic carbocycles. The van der Waals surface area contributed by atoms with E-state index >= 15 is 0 Å². The standard InChI is InChI=1S/C22H30N2O3.C2H2O4/c1-4-27-20-8-5-18(6-9-20)16-23-11-13-24(14-12-23)17-19-7-10-21(25-2)22(15-19)26-3;3-1(4)2(5)6/h5-10,15H,4,11-14,16-17H2,1-3H3;(H,3,4)(H,5,6). The number of hydrogen-bond donors (Lipinski definition) is 2. The van der Waals surface area contributed by atoms with Gasteiger partial charge < -0.3 is 24.4 Å². The van der Waals surface area contributed by atoms with Gasteiger partial charge in [-0.3, -0.25) is 9.80 Å². The van der Waals surface area contributed by atoms with Crippen molar-refractivity contribution in [3.05, 3.63) is 53.6 Å². The average Bonchev–Trinajstić information content (AvgIpc) is 2.82. The Bertz CT molecular complexity index is 882. The lowest BCUT2D eigenvalue weighted by atomic mass is 10.1. The van der Waals surface area contributed by atoms with Crippen molar-refractivity contribution in [1.29, 1.82) is 0 Å². The molecule has 9 heteroatoms. The Labute approximate surface area is 194 Å². The summed E-state index contributed by atoms with van der Waals surface area (Å²) >= 11 is 0. The molecule has 0 aromatic heterocycles. The number of carbonyl (C=O) groups is 2. The van der Waals surface area contributed by atoms with Crippen LogP contribution >= 0.6 is 0 Å². The van der Waals surface area contributed by atoms with Crippen LogP contribution in [-0.4, -0.2) is 79.0 Å². The molecule has 2 N–H and O–H groups in total. The van der Waals surface area contributed by atoms with Crippen LogP contribution < -0.4 is 14.2 Å². The monoisotopic (exact) mass is 460 g/mol. The average molecular weight is 461 g/mol. The lowest BCUT2D eigenvalue weighted by Gasteiger charge is -2.34. The number of ether oxygens (including phenoxy) is 3. The molecule has 9 nitrogen and oxygen atoms in total. The van der Waals surface area contributed by atoms with Crippen LogP contribution in [0.3, 0.4) is 0 Å². The molecule has 1 saturated heterocycles. The van der Waals surface area contributed by atoms with Crippen LogP contribution in [0.1, 0.15) is 18.1 Å². The van der Waals surface area contributed by atoms with Crippen molar-refractivity contribution in [2.45, 2.75) is 20.0 Å². The van der Waals surface area contributed by atoms with Crippen LogP contribution in [0.4, 0.5) is 0 Å². The number of methoxy groups -OCH3 is 2. The number of hydrogen-bond acceptors (Lipinski definition) is 7. The van der Waals surface area contributed by atoms with Crippen LogP contribution in [0.15, 0.2) is 42.5 Å². The van der Waals surface area contributed by atoms with Gasteiger partial charge in [-0.1, -0.05) is 18.2 Å². The topological polar surface area (TPSA) is 109 Å². The van der Waals surface area contributed by atoms with Crippen molar-refractivity contribution in [3.63, 3.8) is 0 Å². The molecule has 0 radical (unpaired) electrons. The smallest absolute Gasteiger partial charge is 0.414 e. The molecular formula is C24H32N2O7. The second-order valence-corrected chi connectivity index (χ2v) is 7.43. The van der Waals surface area contributed by atoms with Crippen LogP contribution in [-0.2, 0) is 22.7 Å². The van der Waals surface area contributed by atoms with Gasteiger partial charge in [-0.25, -0.2) is 9.59 Å².